The zero-order valence-electron chi connectivity index (χ0n) is 10.1. The van der Waals surface area contributed by atoms with Crippen LogP contribution in [0.4, 0.5) is 5.69 Å². The summed E-state index contributed by atoms with van der Waals surface area (Å²) in [6.07, 6.45) is 2.36. The van der Waals surface area contributed by atoms with Crippen molar-refractivity contribution >= 4 is 21.6 Å². The highest BCUT2D eigenvalue weighted by Crippen LogP contribution is 2.08. The van der Waals surface area contributed by atoms with Gasteiger partial charge in [0.05, 0.1) is 12.0 Å². The van der Waals surface area contributed by atoms with Gasteiger partial charge in [-0.25, -0.2) is 4.98 Å². The molecule has 0 radical (unpaired) electrons. The first kappa shape index (κ1) is 12.8. The number of aryl methyl sites for hydroxylation is 3. The van der Waals surface area contributed by atoms with E-state index >= 15 is 0 Å². The highest BCUT2D eigenvalue weighted by molar-refractivity contribution is 9.10. The number of anilines is 1. The largest absolute Gasteiger partial charge is 0.399 e. The Morgan fingerprint density at radius 1 is 1.33 bits per heavy atom. The van der Waals surface area contributed by atoms with Gasteiger partial charge >= 0.3 is 0 Å². The molecule has 2 aromatic rings. The van der Waals surface area contributed by atoms with E-state index < -0.39 is 0 Å². The summed E-state index contributed by atoms with van der Waals surface area (Å²) in [5.74, 6) is 0. The number of nitrogens with two attached hydrogens (primary N) is 1. The number of aromatic nitrogens is 2. The fraction of sp³-hybridized carbons (Fsp3) is 0.231. The normalized spacial score (nSPS) is 10.6. The third-order valence-electron chi connectivity index (χ3n) is 2.78. The summed E-state index contributed by atoms with van der Waals surface area (Å²) in [5, 5.41) is 0. The van der Waals surface area contributed by atoms with Crippen LogP contribution in [0.3, 0.4) is 0 Å². The molecule has 2 N–H and O–H groups in total. The summed E-state index contributed by atoms with van der Waals surface area (Å²) >= 11 is 3.25. The van der Waals surface area contributed by atoms with E-state index in [0.717, 1.165) is 17.7 Å². The van der Waals surface area contributed by atoms with Crippen LogP contribution < -0.4 is 11.3 Å². The smallest absolute Gasteiger partial charge is 0.267 e. The minimum absolute atomic E-state index is 0.0436. The van der Waals surface area contributed by atoms with Gasteiger partial charge in [0.25, 0.3) is 5.56 Å². The van der Waals surface area contributed by atoms with Crippen LogP contribution in [-0.2, 0) is 13.0 Å². The molecule has 1 aromatic heterocycles. The van der Waals surface area contributed by atoms with Gasteiger partial charge in [-0.05, 0) is 47.0 Å². The molecule has 0 aliphatic carbocycles. The SMILES string of the molecule is Cc1ncn(CCc2ccc(N)cc2)c(=O)c1Br. The fourth-order valence-electron chi connectivity index (χ4n) is 1.64. The first-order chi connectivity index (χ1) is 8.58. The average molecular weight is 308 g/mol. The summed E-state index contributed by atoms with van der Waals surface area (Å²) in [6, 6.07) is 7.66. The molecule has 0 saturated carbocycles. The predicted molar refractivity (Wildman–Crippen MR) is 75.5 cm³/mol. The quantitative estimate of drug-likeness (QED) is 0.884. The van der Waals surface area contributed by atoms with E-state index in [0.29, 0.717) is 16.7 Å². The molecule has 1 heterocycles. The van der Waals surface area contributed by atoms with Gasteiger partial charge in [-0.15, -0.1) is 0 Å². The Kier molecular flexibility index (Phi) is 3.81. The molecule has 4 nitrogen and oxygen atoms in total. The van der Waals surface area contributed by atoms with Crippen molar-refractivity contribution < 1.29 is 0 Å². The number of hydrogen-bond acceptors (Lipinski definition) is 3. The molecule has 0 aliphatic heterocycles. The van der Waals surface area contributed by atoms with E-state index in [4.69, 9.17) is 5.73 Å². The van der Waals surface area contributed by atoms with Crippen LogP contribution in [0.1, 0.15) is 11.3 Å². The summed E-state index contributed by atoms with van der Waals surface area (Å²) in [7, 11) is 0. The first-order valence-electron chi connectivity index (χ1n) is 5.64. The molecule has 0 saturated heterocycles. The lowest BCUT2D eigenvalue weighted by atomic mass is 10.1. The van der Waals surface area contributed by atoms with Gasteiger partial charge in [-0.2, -0.15) is 0 Å². The van der Waals surface area contributed by atoms with Gasteiger partial charge in [0.15, 0.2) is 0 Å². The predicted octanol–water partition coefficient (Wildman–Crippen LogP) is 2.14. The van der Waals surface area contributed by atoms with Gasteiger partial charge in [0.1, 0.15) is 4.47 Å². The summed E-state index contributed by atoms with van der Waals surface area (Å²) in [6.45, 7) is 2.41. The second kappa shape index (κ2) is 5.35. The van der Waals surface area contributed by atoms with Crippen LogP contribution in [0.5, 0.6) is 0 Å². The first-order valence-corrected chi connectivity index (χ1v) is 6.43. The van der Waals surface area contributed by atoms with E-state index in [-0.39, 0.29) is 5.56 Å². The molecule has 94 valence electrons. The number of hydrogen-bond donors (Lipinski definition) is 1. The molecule has 0 fully saturated rings. The van der Waals surface area contributed by atoms with E-state index in [1.165, 1.54) is 0 Å². The van der Waals surface area contributed by atoms with Gasteiger partial charge in [0, 0.05) is 12.2 Å². The van der Waals surface area contributed by atoms with Crippen LogP contribution in [0.25, 0.3) is 0 Å². The number of benzene rings is 1. The van der Waals surface area contributed by atoms with Crippen molar-refractivity contribution in [3.8, 4) is 0 Å². The molecule has 18 heavy (non-hydrogen) atoms. The van der Waals surface area contributed by atoms with Crippen molar-refractivity contribution in [2.45, 2.75) is 19.9 Å². The minimum atomic E-state index is -0.0436. The number of nitrogen functional groups attached to an aromatic ring is 1. The maximum absolute atomic E-state index is 11.9. The molecule has 1 aromatic carbocycles. The van der Waals surface area contributed by atoms with E-state index in [1.54, 1.807) is 17.8 Å². The maximum atomic E-state index is 11.9. The van der Waals surface area contributed by atoms with E-state index in [9.17, 15) is 4.79 Å². The Hall–Kier alpha value is -1.62. The van der Waals surface area contributed by atoms with Gasteiger partial charge in [0.2, 0.25) is 0 Å². The van der Waals surface area contributed by atoms with Crippen LogP contribution in [0.15, 0.2) is 39.9 Å². The molecule has 0 spiro atoms. The molecule has 0 aliphatic rings. The third-order valence-corrected chi connectivity index (χ3v) is 3.69. The van der Waals surface area contributed by atoms with Crippen LogP contribution >= 0.6 is 15.9 Å². The van der Waals surface area contributed by atoms with Crippen molar-refractivity contribution in [3.63, 3.8) is 0 Å². The summed E-state index contributed by atoms with van der Waals surface area (Å²) in [4.78, 5) is 16.1. The number of halogens is 1. The monoisotopic (exact) mass is 307 g/mol. The van der Waals surface area contributed by atoms with Crippen molar-refractivity contribution in [1.82, 2.24) is 9.55 Å². The second-order valence-corrected chi connectivity index (χ2v) is 4.93. The summed E-state index contributed by atoms with van der Waals surface area (Å²) < 4.78 is 2.13. The highest BCUT2D eigenvalue weighted by Gasteiger charge is 2.05. The topological polar surface area (TPSA) is 60.9 Å². The molecule has 0 unspecified atom stereocenters. The van der Waals surface area contributed by atoms with Crippen LogP contribution in [0, 0.1) is 6.92 Å². The Balaban J connectivity index is 2.14. The van der Waals surface area contributed by atoms with Crippen molar-refractivity contribution in [3.05, 3.63) is 56.7 Å². The molecular formula is C13H14BrN3O. The Labute approximate surface area is 114 Å². The molecule has 0 bridgehead atoms. The Morgan fingerprint density at radius 2 is 2.00 bits per heavy atom. The molecule has 0 atom stereocenters. The molecule has 0 amide bonds. The maximum Gasteiger partial charge on any atom is 0.267 e. The average Bonchev–Trinajstić information content (AvgIpc) is 2.37. The van der Waals surface area contributed by atoms with Crippen LogP contribution in [0.2, 0.25) is 0 Å². The van der Waals surface area contributed by atoms with Gasteiger partial charge < -0.3 is 5.73 Å². The van der Waals surface area contributed by atoms with Crippen molar-refractivity contribution in [1.29, 1.82) is 0 Å². The molecule has 2 rings (SSSR count). The lowest BCUT2D eigenvalue weighted by Crippen LogP contribution is -2.23. The number of rotatable bonds is 3. The Morgan fingerprint density at radius 3 is 2.67 bits per heavy atom. The molecule has 5 heteroatoms. The van der Waals surface area contributed by atoms with E-state index in [2.05, 4.69) is 20.9 Å². The van der Waals surface area contributed by atoms with Crippen LogP contribution in [-0.4, -0.2) is 9.55 Å². The van der Waals surface area contributed by atoms with Gasteiger partial charge in [-0.1, -0.05) is 12.1 Å². The lowest BCUT2D eigenvalue weighted by molar-refractivity contribution is 0.647. The van der Waals surface area contributed by atoms with Crippen molar-refractivity contribution in [2.75, 3.05) is 5.73 Å². The van der Waals surface area contributed by atoms with Crippen molar-refractivity contribution in [2.24, 2.45) is 0 Å². The third kappa shape index (κ3) is 2.79. The second-order valence-electron chi connectivity index (χ2n) is 4.13. The fourth-order valence-corrected chi connectivity index (χ4v) is 1.97. The lowest BCUT2D eigenvalue weighted by Gasteiger charge is -2.07. The minimum Gasteiger partial charge on any atom is -0.399 e. The van der Waals surface area contributed by atoms with Gasteiger partial charge in [-0.3, -0.25) is 9.36 Å². The van der Waals surface area contributed by atoms with E-state index in [1.807, 2.05) is 24.3 Å². The number of nitrogens with zero attached hydrogens (tertiary/aromatic N) is 2. The standard InChI is InChI=1S/C13H14BrN3O/c1-9-12(14)13(18)17(8-16-9)7-6-10-2-4-11(15)5-3-10/h2-5,8H,6-7,15H2,1H3. The Bertz CT molecular complexity index is 605. The summed E-state index contributed by atoms with van der Waals surface area (Å²) in [5.41, 5.74) is 8.18. The molecular weight excluding hydrogens is 294 g/mol. The zero-order valence-corrected chi connectivity index (χ0v) is 11.6. The zero-order chi connectivity index (χ0) is 13.1. The highest BCUT2D eigenvalue weighted by atomic mass is 79.9.